The van der Waals surface area contributed by atoms with Crippen LogP contribution in [-0.4, -0.2) is 47.8 Å². The standard InChI is InChI=1S/C22H23N3O4/c1-27-18-9-5-16(6-10-18)21-23-22(29-24-21)17-7-11-19(12-8-17)28-15-20(26)25-13-3-2-4-14-25/h5-12H,2-4,13-15H2,1H3. The summed E-state index contributed by atoms with van der Waals surface area (Å²) in [6.07, 6.45) is 3.34. The van der Waals surface area contributed by atoms with Crippen LogP contribution in [0.2, 0.25) is 0 Å². The van der Waals surface area contributed by atoms with E-state index in [1.165, 1.54) is 6.42 Å². The maximum atomic E-state index is 12.2. The fourth-order valence-electron chi connectivity index (χ4n) is 3.27. The van der Waals surface area contributed by atoms with Crippen molar-refractivity contribution >= 4 is 5.91 Å². The quantitative estimate of drug-likeness (QED) is 0.634. The number of benzene rings is 2. The lowest BCUT2D eigenvalue weighted by atomic mass is 10.1. The van der Waals surface area contributed by atoms with Crippen LogP contribution in [0.4, 0.5) is 0 Å². The fourth-order valence-corrected chi connectivity index (χ4v) is 3.27. The van der Waals surface area contributed by atoms with Crippen molar-refractivity contribution in [1.82, 2.24) is 15.0 Å². The molecule has 1 fully saturated rings. The van der Waals surface area contributed by atoms with Crippen LogP contribution in [-0.2, 0) is 4.79 Å². The van der Waals surface area contributed by atoms with E-state index in [0.29, 0.717) is 17.5 Å². The topological polar surface area (TPSA) is 77.7 Å². The number of likely N-dealkylation sites (tertiary alicyclic amines) is 1. The molecule has 1 aromatic heterocycles. The van der Waals surface area contributed by atoms with E-state index in [4.69, 9.17) is 14.0 Å². The zero-order chi connectivity index (χ0) is 20.1. The Morgan fingerprint density at radius 2 is 1.62 bits per heavy atom. The van der Waals surface area contributed by atoms with Crippen LogP contribution in [0.1, 0.15) is 19.3 Å². The van der Waals surface area contributed by atoms with Crippen molar-refractivity contribution in [2.75, 3.05) is 26.8 Å². The highest BCUT2D eigenvalue weighted by atomic mass is 16.5. The van der Waals surface area contributed by atoms with Gasteiger partial charge in [0.05, 0.1) is 7.11 Å². The van der Waals surface area contributed by atoms with E-state index in [-0.39, 0.29) is 12.5 Å². The lowest BCUT2D eigenvalue weighted by Crippen LogP contribution is -2.38. The smallest absolute Gasteiger partial charge is 0.260 e. The zero-order valence-electron chi connectivity index (χ0n) is 16.3. The summed E-state index contributed by atoms with van der Waals surface area (Å²) in [7, 11) is 1.62. The highest BCUT2D eigenvalue weighted by Crippen LogP contribution is 2.25. The molecule has 2 aromatic carbocycles. The molecular weight excluding hydrogens is 370 g/mol. The normalized spacial score (nSPS) is 13.9. The number of piperidine rings is 1. The Balaban J connectivity index is 1.37. The lowest BCUT2D eigenvalue weighted by molar-refractivity contribution is -0.134. The Hall–Kier alpha value is -3.35. The maximum Gasteiger partial charge on any atom is 0.260 e. The molecule has 7 nitrogen and oxygen atoms in total. The van der Waals surface area contributed by atoms with E-state index in [9.17, 15) is 4.79 Å². The number of hydrogen-bond acceptors (Lipinski definition) is 6. The molecule has 0 saturated carbocycles. The first kappa shape index (κ1) is 19.0. The Labute approximate surface area is 169 Å². The minimum Gasteiger partial charge on any atom is -0.497 e. The molecule has 7 heteroatoms. The van der Waals surface area contributed by atoms with E-state index in [2.05, 4.69) is 10.1 Å². The molecule has 1 amide bonds. The summed E-state index contributed by atoms with van der Waals surface area (Å²) < 4.78 is 16.2. The van der Waals surface area contributed by atoms with Gasteiger partial charge in [0.2, 0.25) is 5.82 Å². The van der Waals surface area contributed by atoms with Gasteiger partial charge in [0, 0.05) is 24.2 Å². The summed E-state index contributed by atoms with van der Waals surface area (Å²) in [6, 6.07) is 14.7. The summed E-state index contributed by atoms with van der Waals surface area (Å²) in [5.74, 6) is 2.37. The minimum atomic E-state index is 0.0369. The fraction of sp³-hybridized carbons (Fsp3) is 0.318. The number of aromatic nitrogens is 2. The summed E-state index contributed by atoms with van der Waals surface area (Å²) in [5, 5.41) is 4.04. The van der Waals surface area contributed by atoms with Crippen molar-refractivity contribution in [3.63, 3.8) is 0 Å². The lowest BCUT2D eigenvalue weighted by Gasteiger charge is -2.26. The van der Waals surface area contributed by atoms with E-state index in [0.717, 1.165) is 42.8 Å². The molecule has 0 radical (unpaired) electrons. The van der Waals surface area contributed by atoms with Gasteiger partial charge >= 0.3 is 0 Å². The van der Waals surface area contributed by atoms with Crippen molar-refractivity contribution in [3.05, 3.63) is 48.5 Å². The number of carbonyl (C=O) groups is 1. The number of carbonyl (C=O) groups excluding carboxylic acids is 1. The number of hydrogen-bond donors (Lipinski definition) is 0. The Bertz CT molecular complexity index is 945. The van der Waals surface area contributed by atoms with Gasteiger partial charge in [0.25, 0.3) is 11.8 Å². The summed E-state index contributed by atoms with van der Waals surface area (Å²) in [4.78, 5) is 18.5. The number of ether oxygens (including phenoxy) is 2. The van der Waals surface area contributed by atoms with Gasteiger partial charge in [-0.2, -0.15) is 4.98 Å². The van der Waals surface area contributed by atoms with Crippen LogP contribution in [0.15, 0.2) is 53.1 Å². The SMILES string of the molecule is COc1ccc(-c2noc(-c3ccc(OCC(=O)N4CCCCC4)cc3)n2)cc1. The van der Waals surface area contributed by atoms with Crippen molar-refractivity contribution in [3.8, 4) is 34.3 Å². The largest absolute Gasteiger partial charge is 0.497 e. The molecule has 0 aliphatic carbocycles. The van der Waals surface area contributed by atoms with Gasteiger partial charge < -0.3 is 18.9 Å². The number of nitrogens with zero attached hydrogens (tertiary/aromatic N) is 3. The van der Waals surface area contributed by atoms with Crippen molar-refractivity contribution < 1.29 is 18.8 Å². The van der Waals surface area contributed by atoms with Crippen molar-refractivity contribution in [1.29, 1.82) is 0 Å². The molecule has 150 valence electrons. The van der Waals surface area contributed by atoms with E-state index < -0.39 is 0 Å². The summed E-state index contributed by atoms with van der Waals surface area (Å²) in [5.41, 5.74) is 1.63. The zero-order valence-corrected chi connectivity index (χ0v) is 16.3. The number of rotatable bonds is 6. The minimum absolute atomic E-state index is 0.0369. The molecule has 0 atom stereocenters. The molecule has 4 rings (SSSR count). The second-order valence-corrected chi connectivity index (χ2v) is 6.91. The number of methoxy groups -OCH3 is 1. The maximum absolute atomic E-state index is 12.2. The molecule has 29 heavy (non-hydrogen) atoms. The second-order valence-electron chi connectivity index (χ2n) is 6.91. The highest BCUT2D eigenvalue weighted by Gasteiger charge is 2.17. The Morgan fingerprint density at radius 3 is 2.31 bits per heavy atom. The average molecular weight is 393 g/mol. The second kappa shape index (κ2) is 8.77. The third-order valence-corrected chi connectivity index (χ3v) is 4.95. The molecular formula is C22H23N3O4. The van der Waals surface area contributed by atoms with Crippen LogP contribution in [0.3, 0.4) is 0 Å². The van der Waals surface area contributed by atoms with Crippen LogP contribution in [0.5, 0.6) is 11.5 Å². The monoisotopic (exact) mass is 393 g/mol. The molecule has 1 aliphatic heterocycles. The highest BCUT2D eigenvalue weighted by molar-refractivity contribution is 5.77. The number of amides is 1. The van der Waals surface area contributed by atoms with E-state index in [1.807, 2.05) is 41.3 Å². The molecule has 2 heterocycles. The first-order valence-electron chi connectivity index (χ1n) is 9.72. The first-order chi connectivity index (χ1) is 14.2. The first-order valence-corrected chi connectivity index (χ1v) is 9.72. The third kappa shape index (κ3) is 4.56. The Morgan fingerprint density at radius 1 is 0.966 bits per heavy atom. The van der Waals surface area contributed by atoms with Crippen molar-refractivity contribution in [2.24, 2.45) is 0 Å². The molecule has 1 saturated heterocycles. The predicted molar refractivity (Wildman–Crippen MR) is 108 cm³/mol. The molecule has 0 unspecified atom stereocenters. The molecule has 0 spiro atoms. The van der Waals surface area contributed by atoms with Gasteiger partial charge in [-0.25, -0.2) is 0 Å². The van der Waals surface area contributed by atoms with Crippen molar-refractivity contribution in [2.45, 2.75) is 19.3 Å². The third-order valence-electron chi connectivity index (χ3n) is 4.95. The molecule has 3 aromatic rings. The molecule has 0 bridgehead atoms. The van der Waals surface area contributed by atoms with E-state index in [1.54, 1.807) is 19.2 Å². The van der Waals surface area contributed by atoms with Crippen LogP contribution in [0.25, 0.3) is 22.8 Å². The van der Waals surface area contributed by atoms with Crippen LogP contribution >= 0.6 is 0 Å². The molecule has 1 aliphatic rings. The van der Waals surface area contributed by atoms with Gasteiger partial charge in [0.1, 0.15) is 11.5 Å². The molecule has 0 N–H and O–H groups in total. The summed E-state index contributed by atoms with van der Waals surface area (Å²) >= 11 is 0. The van der Waals surface area contributed by atoms with Crippen LogP contribution < -0.4 is 9.47 Å². The van der Waals surface area contributed by atoms with Gasteiger partial charge in [0.15, 0.2) is 6.61 Å². The Kier molecular flexibility index (Phi) is 5.74. The van der Waals surface area contributed by atoms with Crippen LogP contribution in [0, 0.1) is 0 Å². The van der Waals surface area contributed by atoms with Gasteiger partial charge in [-0.1, -0.05) is 5.16 Å². The van der Waals surface area contributed by atoms with Gasteiger partial charge in [-0.15, -0.1) is 0 Å². The van der Waals surface area contributed by atoms with E-state index >= 15 is 0 Å². The predicted octanol–water partition coefficient (Wildman–Crippen LogP) is 3.80. The van der Waals surface area contributed by atoms with Gasteiger partial charge in [-0.3, -0.25) is 4.79 Å². The summed E-state index contributed by atoms with van der Waals surface area (Å²) in [6.45, 7) is 1.71. The average Bonchev–Trinajstić information content (AvgIpc) is 3.29. The van der Waals surface area contributed by atoms with Gasteiger partial charge in [-0.05, 0) is 67.8 Å².